The Hall–Kier alpha value is -0.610. The maximum Gasteiger partial charge on any atom is 0.169 e. The quantitative estimate of drug-likeness (QED) is 0.514. The van der Waals surface area contributed by atoms with Gasteiger partial charge in [0, 0.05) is 31.8 Å². The number of thiocarbonyl (C=S) groups is 1. The largest absolute Gasteiger partial charge is 0.366 e. The van der Waals surface area contributed by atoms with Gasteiger partial charge in [-0.25, -0.2) is 0 Å². The summed E-state index contributed by atoms with van der Waals surface area (Å²) < 4.78 is 0. The Morgan fingerprint density at radius 1 is 1.38 bits per heavy atom. The first-order valence-corrected chi connectivity index (χ1v) is 9.22. The monoisotopic (exact) mass is 306 g/mol. The molecule has 0 saturated carbocycles. The summed E-state index contributed by atoms with van der Waals surface area (Å²) in [5.41, 5.74) is 1.71. The van der Waals surface area contributed by atoms with Gasteiger partial charge in [0.1, 0.15) is 0 Å². The molecule has 4 rings (SSSR count). The van der Waals surface area contributed by atoms with Crippen molar-refractivity contribution in [1.82, 2.24) is 10.2 Å². The van der Waals surface area contributed by atoms with Gasteiger partial charge in [-0.1, -0.05) is 11.6 Å². The molecular formula is C17H28N3S+. The number of quaternary nitrogens is 1. The Bertz CT molecular complexity index is 461. The summed E-state index contributed by atoms with van der Waals surface area (Å²) in [6, 6.07) is 1.53. The lowest BCUT2D eigenvalue weighted by Gasteiger charge is -2.53. The molecule has 0 radical (unpaired) electrons. The lowest BCUT2D eigenvalue weighted by molar-refractivity contribution is -0.943. The standard InChI is InChI=1S/C17H27N3S/c1-18-17(21)20-8-4-5-12-9-13-10-14(16(12)20)11-19-7-3-2-6-15(13)19/h9,13-16H,2-8,10-11H2,1H3,(H,18,21)/p+1/t13-,14+,15+,16+/m0/s1. The highest BCUT2D eigenvalue weighted by Crippen LogP contribution is 2.40. The van der Waals surface area contributed by atoms with Crippen LogP contribution in [-0.2, 0) is 0 Å². The van der Waals surface area contributed by atoms with Gasteiger partial charge >= 0.3 is 0 Å². The van der Waals surface area contributed by atoms with Crippen LogP contribution >= 0.6 is 12.2 Å². The maximum absolute atomic E-state index is 5.59. The van der Waals surface area contributed by atoms with E-state index < -0.39 is 0 Å². The molecule has 3 saturated heterocycles. The summed E-state index contributed by atoms with van der Waals surface area (Å²) >= 11 is 5.59. The molecule has 5 atom stereocenters. The van der Waals surface area contributed by atoms with E-state index in [2.05, 4.69) is 16.3 Å². The fourth-order valence-electron chi connectivity index (χ4n) is 5.56. The molecule has 4 aliphatic rings. The number of nitrogens with one attached hydrogen (secondary N) is 2. The minimum atomic E-state index is 0.602. The highest BCUT2D eigenvalue weighted by molar-refractivity contribution is 7.80. The smallest absolute Gasteiger partial charge is 0.169 e. The van der Waals surface area contributed by atoms with Crippen LogP contribution in [0.1, 0.15) is 38.5 Å². The average molecular weight is 306 g/mol. The summed E-state index contributed by atoms with van der Waals surface area (Å²) in [7, 11) is 1.97. The van der Waals surface area contributed by atoms with Crippen LogP contribution in [0.3, 0.4) is 0 Å². The van der Waals surface area contributed by atoms with Crippen molar-refractivity contribution < 1.29 is 4.90 Å². The van der Waals surface area contributed by atoms with E-state index in [1.807, 2.05) is 11.9 Å². The molecule has 2 N–H and O–H groups in total. The molecule has 3 nitrogen and oxygen atoms in total. The molecule has 116 valence electrons. The number of rotatable bonds is 0. The van der Waals surface area contributed by atoms with E-state index in [9.17, 15) is 0 Å². The maximum atomic E-state index is 5.59. The van der Waals surface area contributed by atoms with Crippen molar-refractivity contribution in [2.45, 2.75) is 50.6 Å². The van der Waals surface area contributed by atoms with Gasteiger partial charge in [-0.05, 0) is 44.3 Å². The Morgan fingerprint density at radius 2 is 2.29 bits per heavy atom. The van der Waals surface area contributed by atoms with E-state index in [0.717, 1.165) is 29.5 Å². The minimum absolute atomic E-state index is 0.602. The van der Waals surface area contributed by atoms with Crippen LogP contribution in [-0.4, -0.2) is 48.8 Å². The van der Waals surface area contributed by atoms with Gasteiger partial charge in [-0.2, -0.15) is 0 Å². The second-order valence-electron chi connectivity index (χ2n) is 7.41. The SMILES string of the molecule is CNC(=S)N1CCCC2=C[C@H]3C[C@H](C[NH+]4CCCC[C@H]34)[C@@H]21. The van der Waals surface area contributed by atoms with Crippen molar-refractivity contribution in [2.75, 3.05) is 26.7 Å². The summed E-state index contributed by atoms with van der Waals surface area (Å²) in [6.07, 6.45) is 11.0. The van der Waals surface area contributed by atoms with Gasteiger partial charge in [-0.15, -0.1) is 0 Å². The molecule has 3 aliphatic heterocycles. The van der Waals surface area contributed by atoms with Gasteiger partial charge in [0.15, 0.2) is 5.11 Å². The number of nitrogens with zero attached hydrogens (tertiary/aromatic N) is 1. The number of hydrogen-bond acceptors (Lipinski definition) is 1. The van der Waals surface area contributed by atoms with E-state index >= 15 is 0 Å². The second-order valence-corrected chi connectivity index (χ2v) is 7.80. The summed E-state index contributed by atoms with van der Waals surface area (Å²) in [4.78, 5) is 4.40. The molecule has 0 spiro atoms. The van der Waals surface area contributed by atoms with Crippen molar-refractivity contribution in [3.8, 4) is 0 Å². The molecule has 0 aromatic heterocycles. The predicted molar refractivity (Wildman–Crippen MR) is 89.4 cm³/mol. The lowest BCUT2D eigenvalue weighted by atomic mass is 9.68. The number of likely N-dealkylation sites (tertiary alicyclic amines) is 1. The molecule has 3 fully saturated rings. The van der Waals surface area contributed by atoms with Crippen molar-refractivity contribution in [3.05, 3.63) is 11.6 Å². The van der Waals surface area contributed by atoms with Crippen molar-refractivity contribution in [1.29, 1.82) is 0 Å². The fraction of sp³-hybridized carbons (Fsp3) is 0.824. The Balaban J connectivity index is 1.64. The van der Waals surface area contributed by atoms with Gasteiger partial charge in [0.05, 0.1) is 25.2 Å². The third-order valence-corrected chi connectivity index (χ3v) is 6.77. The number of hydrogen-bond donors (Lipinski definition) is 2. The average Bonchev–Trinajstić information content (AvgIpc) is 2.53. The van der Waals surface area contributed by atoms with Crippen LogP contribution in [0.2, 0.25) is 0 Å². The Kier molecular flexibility index (Phi) is 3.70. The first-order valence-electron chi connectivity index (χ1n) is 8.81. The van der Waals surface area contributed by atoms with E-state index in [0.29, 0.717) is 6.04 Å². The van der Waals surface area contributed by atoms with Crippen LogP contribution in [0.15, 0.2) is 11.6 Å². The molecule has 1 unspecified atom stereocenters. The zero-order chi connectivity index (χ0) is 14.4. The molecule has 2 bridgehead atoms. The third-order valence-electron chi connectivity index (χ3n) is 6.33. The third kappa shape index (κ3) is 2.31. The van der Waals surface area contributed by atoms with Crippen LogP contribution in [0.5, 0.6) is 0 Å². The number of piperidine rings is 3. The zero-order valence-corrected chi connectivity index (χ0v) is 13.9. The Labute approximate surface area is 133 Å². The normalized spacial score (nSPS) is 41.7. The molecule has 3 heterocycles. The van der Waals surface area contributed by atoms with E-state index in [4.69, 9.17) is 12.2 Å². The van der Waals surface area contributed by atoms with Gasteiger partial charge < -0.3 is 15.1 Å². The fourth-order valence-corrected chi connectivity index (χ4v) is 5.77. The second kappa shape index (κ2) is 5.54. The Morgan fingerprint density at radius 3 is 3.14 bits per heavy atom. The molecule has 0 amide bonds. The summed E-state index contributed by atoms with van der Waals surface area (Å²) in [5, 5.41) is 4.18. The molecule has 0 aromatic rings. The van der Waals surface area contributed by atoms with Crippen LogP contribution in [0.4, 0.5) is 0 Å². The van der Waals surface area contributed by atoms with Crippen molar-refractivity contribution >= 4 is 17.3 Å². The highest BCUT2D eigenvalue weighted by atomic mass is 32.1. The molecule has 4 heteroatoms. The molecule has 0 aromatic carbocycles. The highest BCUT2D eigenvalue weighted by Gasteiger charge is 2.48. The van der Waals surface area contributed by atoms with Crippen molar-refractivity contribution in [3.63, 3.8) is 0 Å². The van der Waals surface area contributed by atoms with E-state index in [1.54, 1.807) is 5.57 Å². The lowest BCUT2D eigenvalue weighted by Crippen LogP contribution is -3.19. The van der Waals surface area contributed by atoms with Gasteiger partial charge in [0.2, 0.25) is 0 Å². The first kappa shape index (κ1) is 14.0. The van der Waals surface area contributed by atoms with E-state index in [1.165, 1.54) is 51.6 Å². The molecule has 21 heavy (non-hydrogen) atoms. The predicted octanol–water partition coefficient (Wildman–Crippen LogP) is 0.969. The minimum Gasteiger partial charge on any atom is -0.366 e. The van der Waals surface area contributed by atoms with Crippen molar-refractivity contribution in [2.24, 2.45) is 11.8 Å². The molecular weight excluding hydrogens is 278 g/mol. The first-order chi connectivity index (χ1) is 10.3. The van der Waals surface area contributed by atoms with Gasteiger partial charge in [-0.3, -0.25) is 0 Å². The summed E-state index contributed by atoms with van der Waals surface area (Å²) in [5.74, 6) is 1.68. The van der Waals surface area contributed by atoms with Crippen LogP contribution in [0, 0.1) is 11.8 Å². The van der Waals surface area contributed by atoms with Crippen LogP contribution in [0.25, 0.3) is 0 Å². The topological polar surface area (TPSA) is 19.7 Å². The van der Waals surface area contributed by atoms with E-state index in [-0.39, 0.29) is 0 Å². The number of fused-ring (bicyclic) bond motifs is 6. The molecule has 1 aliphatic carbocycles. The summed E-state index contributed by atoms with van der Waals surface area (Å²) in [6.45, 7) is 3.93. The van der Waals surface area contributed by atoms with Gasteiger partial charge in [0.25, 0.3) is 0 Å². The zero-order valence-electron chi connectivity index (χ0n) is 13.1. The van der Waals surface area contributed by atoms with Crippen LogP contribution < -0.4 is 10.2 Å².